The van der Waals surface area contributed by atoms with Crippen molar-refractivity contribution in [3.8, 4) is 0 Å². The fraction of sp³-hybridized carbons (Fsp3) is 0.423. The predicted molar refractivity (Wildman–Crippen MR) is 137 cm³/mol. The van der Waals surface area contributed by atoms with Crippen molar-refractivity contribution in [3.05, 3.63) is 68.7 Å². The van der Waals surface area contributed by atoms with Gasteiger partial charge in [0, 0.05) is 40.7 Å². The van der Waals surface area contributed by atoms with E-state index in [1.54, 1.807) is 33.8 Å². The first-order valence-corrected chi connectivity index (χ1v) is 12.5. The number of hydrogen-bond donors (Lipinski definition) is 1. The summed E-state index contributed by atoms with van der Waals surface area (Å²) in [7, 11) is 0. The summed E-state index contributed by atoms with van der Waals surface area (Å²) in [5, 5.41) is 6.70. The average Bonchev–Trinajstić information content (AvgIpc) is 3.21. The predicted octanol–water partition coefficient (Wildman–Crippen LogP) is 6.23. The van der Waals surface area contributed by atoms with Gasteiger partial charge in [0.05, 0.1) is 11.8 Å². The van der Waals surface area contributed by atoms with Crippen LogP contribution >= 0.6 is 23.2 Å². The number of carbonyl (C=O) groups excluding carboxylic acids is 2. The smallest absolute Gasteiger partial charge is 0.435 e. The standard InChI is InChI=1S/C26H26Cl2F3N3O4/c1-14-7-15(5-6-20(14)22(35)32-19-12-34(13-19)23(36)37-24(2,3)4)21-11-25(38-33-21,26(29,30)31)16-8-17(27)10-18(28)9-16/h5-10,19H,11-13H2,1-4H3,(H,32,35)/t25-/m0/s1. The molecule has 2 aromatic rings. The number of amides is 2. The number of nitrogens with zero attached hydrogens (tertiary/aromatic N) is 2. The van der Waals surface area contributed by atoms with E-state index in [0.717, 1.165) is 12.1 Å². The second-order valence-electron chi connectivity index (χ2n) is 10.4. The zero-order chi connectivity index (χ0) is 28.0. The molecule has 0 saturated carbocycles. The quantitative estimate of drug-likeness (QED) is 0.471. The van der Waals surface area contributed by atoms with Crippen LogP contribution in [0.1, 0.15) is 54.2 Å². The van der Waals surface area contributed by atoms with Gasteiger partial charge in [0.2, 0.25) is 0 Å². The van der Waals surface area contributed by atoms with Crippen molar-refractivity contribution >= 4 is 40.9 Å². The summed E-state index contributed by atoms with van der Waals surface area (Å²) in [6.45, 7) is 7.63. The van der Waals surface area contributed by atoms with E-state index in [-0.39, 0.29) is 33.3 Å². The van der Waals surface area contributed by atoms with Crippen molar-refractivity contribution in [3.63, 3.8) is 0 Å². The van der Waals surface area contributed by atoms with Crippen molar-refractivity contribution in [1.82, 2.24) is 10.2 Å². The van der Waals surface area contributed by atoms with E-state index >= 15 is 0 Å². The van der Waals surface area contributed by atoms with Crippen molar-refractivity contribution in [2.24, 2.45) is 5.16 Å². The normalized spacial score (nSPS) is 19.9. The van der Waals surface area contributed by atoms with Gasteiger partial charge in [0.25, 0.3) is 11.5 Å². The summed E-state index contributed by atoms with van der Waals surface area (Å²) in [5.41, 5.74) is -2.26. The second kappa shape index (κ2) is 9.96. The van der Waals surface area contributed by atoms with Gasteiger partial charge >= 0.3 is 12.3 Å². The van der Waals surface area contributed by atoms with Gasteiger partial charge in [-0.05, 0) is 69.2 Å². The average molecular weight is 572 g/mol. The van der Waals surface area contributed by atoms with Crippen LogP contribution in [0.4, 0.5) is 18.0 Å². The minimum Gasteiger partial charge on any atom is -0.444 e. The number of rotatable bonds is 4. The van der Waals surface area contributed by atoms with Crippen LogP contribution in [0, 0.1) is 6.92 Å². The fourth-order valence-corrected chi connectivity index (χ4v) is 4.78. The van der Waals surface area contributed by atoms with E-state index in [1.165, 1.54) is 23.1 Å². The monoisotopic (exact) mass is 571 g/mol. The lowest BCUT2D eigenvalue weighted by Crippen LogP contribution is -2.61. The fourth-order valence-electron chi connectivity index (χ4n) is 4.25. The SMILES string of the molecule is Cc1cc(C2=NO[C@@](c3cc(Cl)cc(Cl)c3)(C(F)(F)F)C2)ccc1C(=O)NC1CN(C(=O)OC(C)(C)C)C1. The molecule has 0 spiro atoms. The maximum atomic E-state index is 14.3. The Hall–Kier alpha value is -2.98. The van der Waals surface area contributed by atoms with Gasteiger partial charge in [-0.3, -0.25) is 4.79 Å². The summed E-state index contributed by atoms with van der Waals surface area (Å²) in [6.07, 6.45) is -5.85. The molecule has 0 aliphatic carbocycles. The molecule has 0 radical (unpaired) electrons. The first-order chi connectivity index (χ1) is 17.6. The number of alkyl halides is 3. The van der Waals surface area contributed by atoms with Crippen LogP contribution in [0.25, 0.3) is 0 Å². The van der Waals surface area contributed by atoms with E-state index in [1.807, 2.05) is 0 Å². The first-order valence-electron chi connectivity index (χ1n) is 11.8. The Morgan fingerprint density at radius 1 is 1.11 bits per heavy atom. The Balaban J connectivity index is 1.44. The van der Waals surface area contributed by atoms with Gasteiger partial charge in [-0.2, -0.15) is 13.2 Å². The number of oxime groups is 1. The third kappa shape index (κ3) is 5.71. The van der Waals surface area contributed by atoms with Gasteiger partial charge in [0.1, 0.15) is 5.60 Å². The molecule has 1 atom stereocenters. The molecule has 0 unspecified atom stereocenters. The molecular weight excluding hydrogens is 546 g/mol. The number of halogens is 5. The molecule has 0 aromatic heterocycles. The van der Waals surface area contributed by atoms with Crippen molar-refractivity contribution in [2.75, 3.05) is 13.1 Å². The molecule has 2 heterocycles. The van der Waals surface area contributed by atoms with Gasteiger partial charge in [-0.15, -0.1) is 0 Å². The third-order valence-corrected chi connectivity index (χ3v) is 6.62. The molecule has 204 valence electrons. The summed E-state index contributed by atoms with van der Waals surface area (Å²) >= 11 is 11.9. The highest BCUT2D eigenvalue weighted by Crippen LogP contribution is 2.49. The van der Waals surface area contributed by atoms with Crippen LogP contribution < -0.4 is 5.32 Å². The molecule has 1 N–H and O–H groups in total. The molecule has 1 saturated heterocycles. The van der Waals surface area contributed by atoms with Crippen molar-refractivity contribution in [1.29, 1.82) is 0 Å². The highest BCUT2D eigenvalue weighted by molar-refractivity contribution is 6.34. The zero-order valence-corrected chi connectivity index (χ0v) is 22.6. The van der Waals surface area contributed by atoms with Gasteiger partial charge in [-0.1, -0.05) is 34.4 Å². The number of carbonyl (C=O) groups is 2. The lowest BCUT2D eigenvalue weighted by Gasteiger charge is -2.40. The summed E-state index contributed by atoms with van der Waals surface area (Å²) in [6, 6.07) is 8.04. The lowest BCUT2D eigenvalue weighted by atomic mass is 9.86. The van der Waals surface area contributed by atoms with Gasteiger partial charge < -0.3 is 19.8 Å². The maximum absolute atomic E-state index is 14.3. The molecule has 12 heteroatoms. The van der Waals surface area contributed by atoms with Gasteiger partial charge in [-0.25, -0.2) is 4.79 Å². The van der Waals surface area contributed by atoms with E-state index in [4.69, 9.17) is 32.8 Å². The Labute approximate surface area is 227 Å². The number of hydrogen-bond acceptors (Lipinski definition) is 5. The topological polar surface area (TPSA) is 80.2 Å². The number of aryl methyl sites for hydroxylation is 1. The third-order valence-electron chi connectivity index (χ3n) is 6.19. The van der Waals surface area contributed by atoms with E-state index in [0.29, 0.717) is 29.8 Å². The maximum Gasteiger partial charge on any atom is 0.435 e. The molecule has 7 nitrogen and oxygen atoms in total. The number of likely N-dealkylation sites (tertiary alicyclic amines) is 1. The van der Waals surface area contributed by atoms with Crippen LogP contribution in [0.2, 0.25) is 10.0 Å². The Kier molecular flexibility index (Phi) is 7.35. The Morgan fingerprint density at radius 3 is 2.29 bits per heavy atom. The van der Waals surface area contributed by atoms with E-state index in [2.05, 4.69) is 10.5 Å². The van der Waals surface area contributed by atoms with Crippen molar-refractivity contribution in [2.45, 2.75) is 57.5 Å². The minimum absolute atomic E-state index is 0.0417. The van der Waals surface area contributed by atoms with Crippen LogP contribution in [-0.4, -0.2) is 53.5 Å². The van der Waals surface area contributed by atoms with Crippen molar-refractivity contribution < 1.29 is 32.3 Å². The highest BCUT2D eigenvalue weighted by atomic mass is 35.5. The van der Waals surface area contributed by atoms with Gasteiger partial charge in [0.15, 0.2) is 0 Å². The van der Waals surface area contributed by atoms with Crippen LogP contribution in [0.5, 0.6) is 0 Å². The lowest BCUT2D eigenvalue weighted by molar-refractivity contribution is -0.275. The largest absolute Gasteiger partial charge is 0.444 e. The minimum atomic E-state index is -4.81. The molecule has 2 aliphatic heterocycles. The molecule has 38 heavy (non-hydrogen) atoms. The number of ether oxygens (including phenoxy) is 1. The molecule has 0 bridgehead atoms. The first kappa shape index (κ1) is 28.0. The second-order valence-corrected chi connectivity index (χ2v) is 11.2. The van der Waals surface area contributed by atoms with Crippen LogP contribution in [0.3, 0.4) is 0 Å². The number of benzene rings is 2. The Bertz CT molecular complexity index is 1280. The summed E-state index contributed by atoms with van der Waals surface area (Å²) < 4.78 is 48.1. The molecule has 1 fully saturated rings. The van der Waals surface area contributed by atoms with Crippen LogP contribution in [-0.2, 0) is 15.2 Å². The highest BCUT2D eigenvalue weighted by Gasteiger charge is 2.62. The molecule has 2 aliphatic rings. The molecule has 2 amide bonds. The number of nitrogens with one attached hydrogen (secondary N) is 1. The zero-order valence-electron chi connectivity index (χ0n) is 21.1. The van der Waals surface area contributed by atoms with E-state index < -0.39 is 29.9 Å². The van der Waals surface area contributed by atoms with Crippen LogP contribution in [0.15, 0.2) is 41.6 Å². The summed E-state index contributed by atoms with van der Waals surface area (Å²) in [4.78, 5) is 31.4. The molecule has 4 rings (SSSR count). The molecular formula is C26H26Cl2F3N3O4. The molecule has 2 aromatic carbocycles. The Morgan fingerprint density at radius 2 is 1.74 bits per heavy atom. The van der Waals surface area contributed by atoms with E-state index in [9.17, 15) is 22.8 Å². The summed E-state index contributed by atoms with van der Waals surface area (Å²) in [5.74, 6) is -0.356.